The molecule has 4 heteroatoms. The molecule has 100 valence electrons. The first-order chi connectivity index (χ1) is 9.74. The zero-order valence-corrected chi connectivity index (χ0v) is 11.5. The van der Waals surface area contributed by atoms with Gasteiger partial charge in [0.15, 0.2) is 17.3 Å². The summed E-state index contributed by atoms with van der Waals surface area (Å²) in [5.74, 6) is 1.15. The molecule has 20 heavy (non-hydrogen) atoms. The lowest BCUT2D eigenvalue weighted by molar-refractivity contribution is 0.104. The molecule has 1 aliphatic rings. The van der Waals surface area contributed by atoms with Crippen LogP contribution in [0.25, 0.3) is 4.91 Å². The maximum Gasteiger partial charge on any atom is 0.231 e. The SMILES string of the molecule is O=C(/C=C(\S)c1ccccc1)c1ccc2c(c1)OCO2. The Morgan fingerprint density at radius 2 is 1.75 bits per heavy atom. The van der Waals surface area contributed by atoms with Gasteiger partial charge >= 0.3 is 0 Å². The summed E-state index contributed by atoms with van der Waals surface area (Å²) >= 11 is 4.37. The van der Waals surface area contributed by atoms with Crippen molar-refractivity contribution in [3.8, 4) is 11.5 Å². The van der Waals surface area contributed by atoms with Crippen LogP contribution in [0.5, 0.6) is 11.5 Å². The van der Waals surface area contributed by atoms with Crippen LogP contribution in [0.3, 0.4) is 0 Å². The first-order valence-corrected chi connectivity index (χ1v) is 6.59. The van der Waals surface area contributed by atoms with Gasteiger partial charge < -0.3 is 9.47 Å². The predicted octanol–water partition coefficient (Wildman–Crippen LogP) is 3.57. The van der Waals surface area contributed by atoms with Crippen LogP contribution < -0.4 is 9.47 Å². The van der Waals surface area contributed by atoms with Crippen molar-refractivity contribution in [3.05, 3.63) is 65.7 Å². The molecular weight excluding hydrogens is 272 g/mol. The first kappa shape index (κ1) is 12.8. The number of ether oxygens (including phenoxy) is 2. The number of hydrogen-bond acceptors (Lipinski definition) is 4. The number of rotatable bonds is 3. The van der Waals surface area contributed by atoms with Crippen molar-refractivity contribution in [2.45, 2.75) is 0 Å². The van der Waals surface area contributed by atoms with Crippen LogP contribution in [-0.4, -0.2) is 12.6 Å². The van der Waals surface area contributed by atoms with E-state index >= 15 is 0 Å². The van der Waals surface area contributed by atoms with E-state index in [0.717, 1.165) is 5.56 Å². The molecule has 2 aromatic rings. The summed E-state index contributed by atoms with van der Waals surface area (Å²) in [4.78, 5) is 12.8. The third kappa shape index (κ3) is 2.56. The summed E-state index contributed by atoms with van der Waals surface area (Å²) in [7, 11) is 0. The van der Waals surface area contributed by atoms with E-state index in [1.54, 1.807) is 18.2 Å². The number of ketones is 1. The van der Waals surface area contributed by atoms with Gasteiger partial charge in [-0.2, -0.15) is 0 Å². The van der Waals surface area contributed by atoms with Gasteiger partial charge in [-0.3, -0.25) is 4.79 Å². The number of fused-ring (bicyclic) bond motifs is 1. The third-order valence-electron chi connectivity index (χ3n) is 2.99. The molecule has 0 aromatic heterocycles. The van der Waals surface area contributed by atoms with E-state index in [0.29, 0.717) is 22.0 Å². The number of hydrogen-bond donors (Lipinski definition) is 1. The molecule has 1 aliphatic heterocycles. The Balaban J connectivity index is 1.86. The van der Waals surface area contributed by atoms with Crippen molar-refractivity contribution in [3.63, 3.8) is 0 Å². The Bertz CT molecular complexity index is 677. The zero-order valence-electron chi connectivity index (χ0n) is 10.6. The van der Waals surface area contributed by atoms with Gasteiger partial charge in [-0.05, 0) is 29.8 Å². The second-order valence-corrected chi connectivity index (χ2v) is 4.81. The number of carbonyl (C=O) groups is 1. The van der Waals surface area contributed by atoms with Gasteiger partial charge in [0, 0.05) is 10.5 Å². The van der Waals surface area contributed by atoms with E-state index < -0.39 is 0 Å². The van der Waals surface area contributed by atoms with Crippen LogP contribution in [-0.2, 0) is 0 Å². The molecule has 0 radical (unpaired) electrons. The summed E-state index contributed by atoms with van der Waals surface area (Å²) in [5, 5.41) is 0. The molecular formula is C16H12O3S. The smallest absolute Gasteiger partial charge is 0.231 e. The van der Waals surface area contributed by atoms with E-state index in [2.05, 4.69) is 12.6 Å². The van der Waals surface area contributed by atoms with Crippen molar-refractivity contribution in [1.29, 1.82) is 0 Å². The lowest BCUT2D eigenvalue weighted by Gasteiger charge is -2.02. The highest BCUT2D eigenvalue weighted by Gasteiger charge is 2.15. The summed E-state index contributed by atoms with van der Waals surface area (Å²) < 4.78 is 10.5. The molecule has 0 aliphatic carbocycles. The Labute approximate surface area is 122 Å². The Morgan fingerprint density at radius 3 is 2.55 bits per heavy atom. The van der Waals surface area contributed by atoms with E-state index in [1.165, 1.54) is 6.08 Å². The molecule has 0 fully saturated rings. The first-order valence-electron chi connectivity index (χ1n) is 6.14. The number of benzene rings is 2. The van der Waals surface area contributed by atoms with Gasteiger partial charge in [-0.15, -0.1) is 12.6 Å². The van der Waals surface area contributed by atoms with E-state index in [9.17, 15) is 4.79 Å². The molecule has 0 spiro atoms. The van der Waals surface area contributed by atoms with Crippen molar-refractivity contribution in [2.75, 3.05) is 6.79 Å². The highest BCUT2D eigenvalue weighted by molar-refractivity contribution is 7.90. The number of carbonyl (C=O) groups excluding carboxylic acids is 1. The maximum absolute atomic E-state index is 12.2. The summed E-state index contributed by atoms with van der Waals surface area (Å²) in [6, 6.07) is 14.7. The van der Waals surface area contributed by atoms with Crippen molar-refractivity contribution < 1.29 is 14.3 Å². The standard InChI is InChI=1S/C16H12O3S/c17-13(9-16(20)11-4-2-1-3-5-11)12-6-7-14-15(8-12)19-10-18-14/h1-9,20H,10H2/b16-9-. The van der Waals surface area contributed by atoms with E-state index in [4.69, 9.17) is 9.47 Å². The Hall–Kier alpha value is -2.20. The average molecular weight is 284 g/mol. The lowest BCUT2D eigenvalue weighted by Crippen LogP contribution is -1.95. The molecule has 0 N–H and O–H groups in total. The molecule has 3 rings (SSSR count). The fraction of sp³-hybridized carbons (Fsp3) is 0.0625. The van der Waals surface area contributed by atoms with Crippen LogP contribution in [0.15, 0.2) is 54.6 Å². The highest BCUT2D eigenvalue weighted by atomic mass is 32.1. The predicted molar refractivity (Wildman–Crippen MR) is 80.3 cm³/mol. The van der Waals surface area contributed by atoms with Crippen LogP contribution in [0.1, 0.15) is 15.9 Å². The summed E-state index contributed by atoms with van der Waals surface area (Å²) in [5.41, 5.74) is 1.46. The lowest BCUT2D eigenvalue weighted by atomic mass is 10.1. The molecule has 0 bridgehead atoms. The second kappa shape index (κ2) is 5.43. The van der Waals surface area contributed by atoms with Crippen LogP contribution >= 0.6 is 12.6 Å². The molecule has 0 saturated carbocycles. The highest BCUT2D eigenvalue weighted by Crippen LogP contribution is 2.33. The quantitative estimate of drug-likeness (QED) is 0.531. The minimum absolute atomic E-state index is 0.114. The normalized spacial score (nSPS) is 13.3. The second-order valence-electron chi connectivity index (χ2n) is 4.33. The fourth-order valence-corrected chi connectivity index (χ4v) is 2.22. The molecule has 2 aromatic carbocycles. The number of thiol groups is 1. The third-order valence-corrected chi connectivity index (χ3v) is 3.38. The minimum atomic E-state index is -0.114. The maximum atomic E-state index is 12.2. The zero-order chi connectivity index (χ0) is 13.9. The minimum Gasteiger partial charge on any atom is -0.454 e. The van der Waals surface area contributed by atoms with Gasteiger partial charge in [0.2, 0.25) is 6.79 Å². The van der Waals surface area contributed by atoms with E-state index in [1.807, 2.05) is 30.3 Å². The summed E-state index contributed by atoms with van der Waals surface area (Å²) in [6.07, 6.45) is 1.51. The number of allylic oxidation sites excluding steroid dienone is 1. The summed E-state index contributed by atoms with van der Waals surface area (Å²) in [6.45, 7) is 0.199. The van der Waals surface area contributed by atoms with Gasteiger partial charge in [-0.25, -0.2) is 0 Å². The van der Waals surface area contributed by atoms with Crippen molar-refractivity contribution >= 4 is 23.3 Å². The van der Waals surface area contributed by atoms with Crippen LogP contribution in [0.4, 0.5) is 0 Å². The van der Waals surface area contributed by atoms with E-state index in [-0.39, 0.29) is 12.6 Å². The van der Waals surface area contributed by atoms with Gasteiger partial charge in [0.05, 0.1) is 0 Å². The Morgan fingerprint density at radius 1 is 1.00 bits per heavy atom. The topological polar surface area (TPSA) is 35.5 Å². The van der Waals surface area contributed by atoms with Gasteiger partial charge in [0.25, 0.3) is 0 Å². The van der Waals surface area contributed by atoms with Crippen molar-refractivity contribution in [1.82, 2.24) is 0 Å². The average Bonchev–Trinajstić information content (AvgIpc) is 2.95. The molecule has 0 amide bonds. The fourth-order valence-electron chi connectivity index (χ4n) is 1.95. The molecule has 3 nitrogen and oxygen atoms in total. The monoisotopic (exact) mass is 284 g/mol. The van der Waals surface area contributed by atoms with Crippen molar-refractivity contribution in [2.24, 2.45) is 0 Å². The molecule has 0 unspecified atom stereocenters. The van der Waals surface area contributed by atoms with Gasteiger partial charge in [-0.1, -0.05) is 30.3 Å². The van der Waals surface area contributed by atoms with Crippen LogP contribution in [0, 0.1) is 0 Å². The largest absolute Gasteiger partial charge is 0.454 e. The molecule has 0 saturated heterocycles. The van der Waals surface area contributed by atoms with Gasteiger partial charge in [0.1, 0.15) is 0 Å². The molecule has 1 heterocycles. The Kier molecular flexibility index (Phi) is 3.48. The van der Waals surface area contributed by atoms with Crippen LogP contribution in [0.2, 0.25) is 0 Å². The molecule has 0 atom stereocenters.